The highest BCUT2D eigenvalue weighted by Crippen LogP contribution is 2.49. The Labute approximate surface area is 130 Å². The molecule has 22 heavy (non-hydrogen) atoms. The molecule has 0 saturated heterocycles. The molecule has 2 N–H and O–H groups in total. The first-order valence-corrected chi connectivity index (χ1v) is 8.11. The van der Waals surface area contributed by atoms with Crippen molar-refractivity contribution in [2.75, 3.05) is 0 Å². The average molecular weight is 301 g/mol. The van der Waals surface area contributed by atoms with Crippen LogP contribution in [0.1, 0.15) is 38.2 Å². The zero-order chi connectivity index (χ0) is 15.5. The van der Waals surface area contributed by atoms with E-state index in [1.807, 2.05) is 19.1 Å². The third-order valence-corrected chi connectivity index (χ3v) is 5.20. The van der Waals surface area contributed by atoms with Crippen LogP contribution in [0.2, 0.25) is 0 Å². The second-order valence-corrected chi connectivity index (χ2v) is 6.64. The molecule has 1 aromatic rings. The normalized spacial score (nSPS) is 27.4. The van der Waals surface area contributed by atoms with Crippen LogP contribution in [-0.2, 0) is 16.1 Å². The Morgan fingerprint density at radius 2 is 2.00 bits per heavy atom. The number of fused-ring (bicyclic) bond motifs is 2. The standard InChI is InChI=1S/C17H23N3O2/c1-11(15-9-13-2-3-14(15)8-13)20-17(22)16(21)19-10-12-4-6-18-7-5-12/h4-7,11,13-15H,2-3,8-10H2,1H3,(H,19,21)(H,20,22). The molecule has 2 aliphatic carbocycles. The Kier molecular flexibility index (Phi) is 4.41. The average Bonchev–Trinajstić information content (AvgIpc) is 3.16. The van der Waals surface area contributed by atoms with Crippen molar-refractivity contribution in [1.29, 1.82) is 0 Å². The van der Waals surface area contributed by atoms with Crippen LogP contribution in [-0.4, -0.2) is 22.8 Å². The summed E-state index contributed by atoms with van der Waals surface area (Å²) in [4.78, 5) is 27.8. The molecule has 2 bridgehead atoms. The molecule has 2 saturated carbocycles. The van der Waals surface area contributed by atoms with Gasteiger partial charge in [-0.25, -0.2) is 0 Å². The Balaban J connectivity index is 1.46. The molecule has 4 unspecified atom stereocenters. The maximum atomic E-state index is 12.0. The molecular formula is C17H23N3O2. The smallest absolute Gasteiger partial charge is 0.309 e. The fourth-order valence-electron chi connectivity index (χ4n) is 4.05. The largest absolute Gasteiger partial charge is 0.345 e. The van der Waals surface area contributed by atoms with E-state index >= 15 is 0 Å². The van der Waals surface area contributed by atoms with Crippen molar-refractivity contribution in [3.05, 3.63) is 30.1 Å². The highest BCUT2D eigenvalue weighted by Gasteiger charge is 2.42. The maximum absolute atomic E-state index is 12.0. The van der Waals surface area contributed by atoms with Crippen molar-refractivity contribution in [2.24, 2.45) is 17.8 Å². The Bertz CT molecular complexity index is 546. The van der Waals surface area contributed by atoms with Crippen LogP contribution in [0.15, 0.2) is 24.5 Å². The summed E-state index contributed by atoms with van der Waals surface area (Å²) in [6.45, 7) is 2.37. The van der Waals surface area contributed by atoms with Gasteiger partial charge >= 0.3 is 11.8 Å². The lowest BCUT2D eigenvalue weighted by atomic mass is 9.84. The van der Waals surface area contributed by atoms with E-state index in [2.05, 4.69) is 15.6 Å². The third kappa shape index (κ3) is 3.29. The molecule has 118 valence electrons. The highest BCUT2D eigenvalue weighted by atomic mass is 16.2. The minimum atomic E-state index is -0.563. The number of pyridine rings is 1. The SMILES string of the molecule is CC(NC(=O)C(=O)NCc1ccncc1)C1CC2CCC1C2. The molecule has 0 radical (unpaired) electrons. The van der Waals surface area contributed by atoms with Crippen molar-refractivity contribution >= 4 is 11.8 Å². The van der Waals surface area contributed by atoms with Gasteiger partial charge in [-0.05, 0) is 61.6 Å². The molecule has 1 heterocycles. The van der Waals surface area contributed by atoms with Crippen molar-refractivity contribution in [1.82, 2.24) is 15.6 Å². The minimum absolute atomic E-state index is 0.0782. The Morgan fingerprint density at radius 1 is 1.23 bits per heavy atom. The van der Waals surface area contributed by atoms with Crippen molar-refractivity contribution in [3.63, 3.8) is 0 Å². The number of carbonyl (C=O) groups excluding carboxylic acids is 2. The van der Waals surface area contributed by atoms with Gasteiger partial charge in [0.05, 0.1) is 0 Å². The summed E-state index contributed by atoms with van der Waals surface area (Å²) in [5.41, 5.74) is 0.928. The number of nitrogens with one attached hydrogen (secondary N) is 2. The maximum Gasteiger partial charge on any atom is 0.309 e. The number of aromatic nitrogens is 1. The van der Waals surface area contributed by atoms with Crippen LogP contribution < -0.4 is 10.6 Å². The van der Waals surface area contributed by atoms with Gasteiger partial charge in [0, 0.05) is 25.0 Å². The van der Waals surface area contributed by atoms with Gasteiger partial charge in [0.2, 0.25) is 0 Å². The summed E-state index contributed by atoms with van der Waals surface area (Å²) in [5, 5.41) is 5.53. The lowest BCUT2D eigenvalue weighted by Gasteiger charge is -2.28. The molecule has 1 aromatic heterocycles. The van der Waals surface area contributed by atoms with Crippen LogP contribution >= 0.6 is 0 Å². The van der Waals surface area contributed by atoms with Gasteiger partial charge in [0.25, 0.3) is 0 Å². The first-order chi connectivity index (χ1) is 10.6. The van der Waals surface area contributed by atoms with E-state index < -0.39 is 11.8 Å². The van der Waals surface area contributed by atoms with Crippen LogP contribution in [0.3, 0.4) is 0 Å². The van der Waals surface area contributed by atoms with E-state index in [-0.39, 0.29) is 6.04 Å². The fourth-order valence-corrected chi connectivity index (χ4v) is 4.05. The van der Waals surface area contributed by atoms with Gasteiger partial charge in [-0.2, -0.15) is 0 Å². The van der Waals surface area contributed by atoms with E-state index in [9.17, 15) is 9.59 Å². The molecule has 5 nitrogen and oxygen atoms in total. The molecule has 0 aromatic carbocycles. The zero-order valence-electron chi connectivity index (χ0n) is 12.9. The molecular weight excluding hydrogens is 278 g/mol. The topological polar surface area (TPSA) is 71.1 Å². The summed E-state index contributed by atoms with van der Waals surface area (Å²) in [6.07, 6.45) is 8.46. The molecule has 0 spiro atoms. The van der Waals surface area contributed by atoms with E-state index in [1.165, 1.54) is 25.7 Å². The van der Waals surface area contributed by atoms with Gasteiger partial charge in [-0.3, -0.25) is 14.6 Å². The number of hydrogen-bond donors (Lipinski definition) is 2. The van der Waals surface area contributed by atoms with E-state index in [1.54, 1.807) is 12.4 Å². The Morgan fingerprint density at radius 3 is 2.64 bits per heavy atom. The predicted molar refractivity (Wildman–Crippen MR) is 82.6 cm³/mol. The fraction of sp³-hybridized carbons (Fsp3) is 0.588. The highest BCUT2D eigenvalue weighted by molar-refractivity contribution is 6.35. The van der Waals surface area contributed by atoms with Gasteiger partial charge in [0.1, 0.15) is 0 Å². The van der Waals surface area contributed by atoms with Gasteiger partial charge in [0.15, 0.2) is 0 Å². The number of rotatable bonds is 4. The van der Waals surface area contributed by atoms with Gasteiger partial charge in [-0.1, -0.05) is 6.42 Å². The molecule has 2 fully saturated rings. The van der Waals surface area contributed by atoms with Crippen LogP contribution in [0.25, 0.3) is 0 Å². The third-order valence-electron chi connectivity index (χ3n) is 5.20. The Hall–Kier alpha value is -1.91. The van der Waals surface area contributed by atoms with Gasteiger partial charge in [-0.15, -0.1) is 0 Å². The number of amides is 2. The van der Waals surface area contributed by atoms with E-state index in [0.29, 0.717) is 12.5 Å². The minimum Gasteiger partial charge on any atom is -0.345 e. The van der Waals surface area contributed by atoms with Crippen LogP contribution in [0, 0.1) is 17.8 Å². The van der Waals surface area contributed by atoms with Crippen LogP contribution in [0.5, 0.6) is 0 Å². The van der Waals surface area contributed by atoms with E-state index in [0.717, 1.165) is 17.4 Å². The summed E-state index contributed by atoms with van der Waals surface area (Å²) >= 11 is 0. The second-order valence-electron chi connectivity index (χ2n) is 6.64. The second kappa shape index (κ2) is 6.46. The predicted octanol–water partition coefficient (Wildman–Crippen LogP) is 1.64. The first-order valence-electron chi connectivity index (χ1n) is 8.11. The monoisotopic (exact) mass is 301 g/mol. The number of nitrogens with zero attached hydrogens (tertiary/aromatic N) is 1. The molecule has 5 heteroatoms. The molecule has 2 amide bonds. The summed E-state index contributed by atoms with van der Waals surface area (Å²) in [5.74, 6) is 1.03. The number of hydrogen-bond acceptors (Lipinski definition) is 3. The molecule has 0 aliphatic heterocycles. The van der Waals surface area contributed by atoms with E-state index in [4.69, 9.17) is 0 Å². The first kappa shape index (κ1) is 15.0. The van der Waals surface area contributed by atoms with Crippen molar-refractivity contribution in [2.45, 2.75) is 45.2 Å². The molecule has 3 rings (SSSR count). The summed E-state index contributed by atoms with van der Waals surface area (Å²) in [7, 11) is 0. The number of carbonyl (C=O) groups is 2. The summed E-state index contributed by atoms with van der Waals surface area (Å²) < 4.78 is 0. The summed E-state index contributed by atoms with van der Waals surface area (Å²) in [6, 6.07) is 3.71. The zero-order valence-corrected chi connectivity index (χ0v) is 12.9. The molecule has 4 atom stereocenters. The lowest BCUT2D eigenvalue weighted by molar-refractivity contribution is -0.140. The quantitative estimate of drug-likeness (QED) is 0.831. The van der Waals surface area contributed by atoms with Crippen molar-refractivity contribution in [3.8, 4) is 0 Å². The van der Waals surface area contributed by atoms with Crippen molar-refractivity contribution < 1.29 is 9.59 Å². The lowest BCUT2D eigenvalue weighted by Crippen LogP contribution is -2.46. The van der Waals surface area contributed by atoms with Gasteiger partial charge < -0.3 is 10.6 Å². The van der Waals surface area contributed by atoms with Crippen LogP contribution in [0.4, 0.5) is 0 Å². The molecule has 2 aliphatic rings.